The van der Waals surface area contributed by atoms with E-state index >= 15 is 0 Å². The number of hydrogen-bond donors (Lipinski definition) is 1. The lowest BCUT2D eigenvalue weighted by molar-refractivity contribution is -0.124. The Morgan fingerprint density at radius 1 is 1.07 bits per heavy atom. The predicted molar refractivity (Wildman–Crippen MR) is 104 cm³/mol. The van der Waals surface area contributed by atoms with Crippen molar-refractivity contribution >= 4 is 44.8 Å². The average Bonchev–Trinajstić information content (AvgIpc) is 3.43. The number of hydrogen-bond acceptors (Lipinski definition) is 7. The fourth-order valence-electron chi connectivity index (χ4n) is 2.39. The largest absolute Gasteiger partial charge is 0.467 e. The van der Waals surface area contributed by atoms with Crippen LogP contribution in [0.4, 0.5) is 0 Å². The molecule has 0 saturated carbocycles. The number of carbonyl (C=O) groups excluding carboxylic acids is 2. The smallest absolute Gasteiger partial charge is 0.348 e. The van der Waals surface area contributed by atoms with Crippen LogP contribution < -0.4 is 5.32 Å². The number of ether oxygens (including phenoxy) is 1. The number of para-hydroxylation sites is 1. The molecule has 4 rings (SSSR count). The minimum atomic E-state index is -0.527. The summed E-state index contributed by atoms with van der Waals surface area (Å²) in [7, 11) is 0. The van der Waals surface area contributed by atoms with Crippen LogP contribution in [0.5, 0.6) is 0 Å². The number of thiazole rings is 1. The van der Waals surface area contributed by atoms with Crippen molar-refractivity contribution in [3.63, 3.8) is 0 Å². The summed E-state index contributed by atoms with van der Waals surface area (Å²) in [5.41, 5.74) is 0.934. The molecular formula is C19H14N2O4S2. The van der Waals surface area contributed by atoms with Gasteiger partial charge in [-0.05, 0) is 36.4 Å². The Balaban J connectivity index is 1.35. The SMILES string of the molecule is O=C(COC(=O)c1ccc(-c2nc3ccccc3s2)s1)NCc1ccco1. The molecule has 3 heterocycles. The van der Waals surface area contributed by atoms with Crippen molar-refractivity contribution in [1.29, 1.82) is 0 Å². The van der Waals surface area contributed by atoms with E-state index in [9.17, 15) is 9.59 Å². The average molecular weight is 398 g/mol. The first-order valence-electron chi connectivity index (χ1n) is 8.11. The minimum Gasteiger partial charge on any atom is -0.467 e. The van der Waals surface area contributed by atoms with Crippen LogP contribution in [-0.4, -0.2) is 23.5 Å². The second-order valence-electron chi connectivity index (χ2n) is 5.58. The number of benzene rings is 1. The molecular weight excluding hydrogens is 384 g/mol. The van der Waals surface area contributed by atoms with Gasteiger partial charge in [-0.15, -0.1) is 22.7 Å². The first kappa shape index (κ1) is 17.4. The van der Waals surface area contributed by atoms with Crippen LogP contribution >= 0.6 is 22.7 Å². The van der Waals surface area contributed by atoms with Gasteiger partial charge in [0, 0.05) is 0 Å². The lowest BCUT2D eigenvalue weighted by Gasteiger charge is -2.04. The van der Waals surface area contributed by atoms with Gasteiger partial charge in [-0.2, -0.15) is 0 Å². The molecule has 136 valence electrons. The molecule has 1 N–H and O–H groups in total. The fourth-order valence-corrected chi connectivity index (χ4v) is 4.31. The highest BCUT2D eigenvalue weighted by molar-refractivity contribution is 7.26. The van der Waals surface area contributed by atoms with Gasteiger partial charge in [0.1, 0.15) is 15.6 Å². The van der Waals surface area contributed by atoms with Gasteiger partial charge in [0.2, 0.25) is 0 Å². The van der Waals surface area contributed by atoms with Gasteiger partial charge in [-0.25, -0.2) is 9.78 Å². The third-order valence-electron chi connectivity index (χ3n) is 3.69. The zero-order valence-electron chi connectivity index (χ0n) is 14.0. The van der Waals surface area contributed by atoms with Crippen LogP contribution in [-0.2, 0) is 16.1 Å². The van der Waals surface area contributed by atoms with Crippen LogP contribution in [0.25, 0.3) is 20.1 Å². The lowest BCUT2D eigenvalue weighted by Crippen LogP contribution is -2.28. The number of aromatic nitrogens is 1. The maximum Gasteiger partial charge on any atom is 0.348 e. The minimum absolute atomic E-state index is 0.254. The second kappa shape index (κ2) is 7.73. The molecule has 1 amide bonds. The summed E-state index contributed by atoms with van der Waals surface area (Å²) >= 11 is 2.87. The van der Waals surface area contributed by atoms with Gasteiger partial charge in [-0.1, -0.05) is 12.1 Å². The Hall–Kier alpha value is -2.97. The van der Waals surface area contributed by atoms with E-state index in [1.165, 1.54) is 17.6 Å². The molecule has 0 aliphatic carbocycles. The molecule has 0 unspecified atom stereocenters. The highest BCUT2D eigenvalue weighted by Crippen LogP contribution is 2.34. The maximum absolute atomic E-state index is 12.2. The number of nitrogens with zero attached hydrogens (tertiary/aromatic N) is 1. The number of rotatable bonds is 6. The van der Waals surface area contributed by atoms with Crippen molar-refractivity contribution in [2.24, 2.45) is 0 Å². The molecule has 27 heavy (non-hydrogen) atoms. The van der Waals surface area contributed by atoms with Crippen molar-refractivity contribution in [1.82, 2.24) is 10.3 Å². The first-order valence-corrected chi connectivity index (χ1v) is 9.74. The molecule has 3 aromatic heterocycles. The van der Waals surface area contributed by atoms with Crippen molar-refractivity contribution in [3.8, 4) is 9.88 Å². The Morgan fingerprint density at radius 3 is 2.78 bits per heavy atom. The van der Waals surface area contributed by atoms with Crippen molar-refractivity contribution in [2.75, 3.05) is 6.61 Å². The molecule has 0 fully saturated rings. The molecule has 0 atom stereocenters. The third kappa shape index (κ3) is 4.07. The molecule has 0 saturated heterocycles. The maximum atomic E-state index is 12.2. The summed E-state index contributed by atoms with van der Waals surface area (Å²) in [4.78, 5) is 29.8. The van der Waals surface area contributed by atoms with Gasteiger partial charge in [0.05, 0.1) is 27.9 Å². The Kier molecular flexibility index (Phi) is 4.99. The Morgan fingerprint density at radius 2 is 1.96 bits per heavy atom. The molecule has 0 aliphatic rings. The first-order chi connectivity index (χ1) is 13.2. The molecule has 0 aliphatic heterocycles. The molecule has 6 nitrogen and oxygen atoms in total. The zero-order valence-corrected chi connectivity index (χ0v) is 15.6. The summed E-state index contributed by atoms with van der Waals surface area (Å²) in [5.74, 6) is -0.281. The molecule has 0 radical (unpaired) electrons. The molecule has 0 bridgehead atoms. The van der Waals surface area contributed by atoms with Gasteiger partial charge in [0.25, 0.3) is 5.91 Å². The quantitative estimate of drug-likeness (QED) is 0.495. The van der Waals surface area contributed by atoms with Crippen molar-refractivity contribution in [2.45, 2.75) is 6.54 Å². The van der Waals surface area contributed by atoms with Crippen LogP contribution in [0.15, 0.2) is 59.2 Å². The number of carbonyl (C=O) groups is 2. The standard InChI is InChI=1S/C19H14N2O4S2/c22-17(20-10-12-4-3-9-24-12)11-25-19(23)16-8-7-15(26-16)18-21-13-5-1-2-6-14(13)27-18/h1-9H,10-11H2,(H,20,22). The predicted octanol–water partition coefficient (Wildman–Crippen LogP) is 4.09. The van der Waals surface area contributed by atoms with E-state index in [2.05, 4.69) is 10.3 Å². The molecule has 0 spiro atoms. The van der Waals surface area contributed by atoms with E-state index < -0.39 is 5.97 Å². The van der Waals surface area contributed by atoms with E-state index in [1.54, 1.807) is 29.5 Å². The van der Waals surface area contributed by atoms with Crippen molar-refractivity contribution in [3.05, 3.63) is 65.4 Å². The second-order valence-corrected chi connectivity index (χ2v) is 7.70. The summed E-state index contributed by atoms with van der Waals surface area (Å²) in [6.07, 6.45) is 1.53. The number of esters is 1. The number of amides is 1. The number of fused-ring (bicyclic) bond motifs is 1. The van der Waals surface area contributed by atoms with Crippen molar-refractivity contribution < 1.29 is 18.7 Å². The van der Waals surface area contributed by atoms with Gasteiger partial charge in [-0.3, -0.25) is 4.79 Å². The van der Waals surface area contributed by atoms with Crippen LogP contribution in [0.2, 0.25) is 0 Å². The molecule has 4 aromatic rings. The summed E-state index contributed by atoms with van der Waals surface area (Å²) in [6.45, 7) is -0.0853. The highest BCUT2D eigenvalue weighted by Gasteiger charge is 2.15. The summed E-state index contributed by atoms with van der Waals surface area (Å²) in [6, 6.07) is 14.9. The van der Waals surface area contributed by atoms with Crippen LogP contribution in [0.1, 0.15) is 15.4 Å². The Bertz CT molecular complexity index is 1050. The van der Waals surface area contributed by atoms with E-state index in [0.29, 0.717) is 10.6 Å². The van der Waals surface area contributed by atoms with Crippen LogP contribution in [0, 0.1) is 0 Å². The third-order valence-corrected chi connectivity index (χ3v) is 5.96. The van der Waals surface area contributed by atoms with E-state index in [0.717, 1.165) is 20.1 Å². The van der Waals surface area contributed by atoms with E-state index in [4.69, 9.17) is 9.15 Å². The number of furan rings is 1. The van der Waals surface area contributed by atoms with Crippen LogP contribution in [0.3, 0.4) is 0 Å². The van der Waals surface area contributed by atoms with Gasteiger partial charge in [0.15, 0.2) is 6.61 Å². The fraction of sp³-hybridized carbons (Fsp3) is 0.105. The van der Waals surface area contributed by atoms with Gasteiger partial charge < -0.3 is 14.5 Å². The molecule has 8 heteroatoms. The lowest BCUT2D eigenvalue weighted by atomic mass is 10.3. The summed E-state index contributed by atoms with van der Waals surface area (Å²) < 4.78 is 11.3. The van der Waals surface area contributed by atoms with Gasteiger partial charge >= 0.3 is 5.97 Å². The number of nitrogens with one attached hydrogen (secondary N) is 1. The zero-order chi connectivity index (χ0) is 18.6. The topological polar surface area (TPSA) is 81.4 Å². The normalized spacial score (nSPS) is 10.8. The molecule has 1 aromatic carbocycles. The van der Waals surface area contributed by atoms with E-state index in [-0.39, 0.29) is 19.1 Å². The summed E-state index contributed by atoms with van der Waals surface area (Å²) in [5, 5.41) is 3.48. The number of thiophene rings is 1. The Labute approximate surface area is 162 Å². The van der Waals surface area contributed by atoms with E-state index in [1.807, 2.05) is 30.3 Å². The highest BCUT2D eigenvalue weighted by atomic mass is 32.1. The monoisotopic (exact) mass is 398 g/mol.